The van der Waals surface area contributed by atoms with Gasteiger partial charge in [-0.15, -0.1) is 0 Å². The molecule has 168 valence electrons. The van der Waals surface area contributed by atoms with Gasteiger partial charge in [-0.3, -0.25) is 9.10 Å². The molecule has 3 rings (SSSR count). The molecule has 0 aliphatic heterocycles. The first-order valence-electron chi connectivity index (χ1n) is 9.29. The average Bonchev–Trinajstić information content (AvgIpc) is 2.75. The van der Waals surface area contributed by atoms with Gasteiger partial charge >= 0.3 is 0 Å². The topological polar surface area (TPSA) is 75.7 Å². The number of carbonyl (C=O) groups is 1. The molecular formula is C22H19BrCl2N2O4S. The predicted octanol–water partition coefficient (Wildman–Crippen LogP) is 5.91. The monoisotopic (exact) mass is 556 g/mol. The van der Waals surface area contributed by atoms with E-state index in [0.717, 1.165) is 9.87 Å². The molecule has 10 heteroatoms. The largest absolute Gasteiger partial charge is 0.495 e. The van der Waals surface area contributed by atoms with Gasteiger partial charge in [0.2, 0.25) is 5.91 Å². The molecule has 0 fully saturated rings. The maximum absolute atomic E-state index is 13.4. The number of nitrogens with one attached hydrogen (secondary N) is 1. The second-order valence-electron chi connectivity index (χ2n) is 6.82. The molecule has 0 aliphatic rings. The average molecular weight is 558 g/mol. The van der Waals surface area contributed by atoms with Gasteiger partial charge < -0.3 is 10.1 Å². The van der Waals surface area contributed by atoms with Crippen LogP contribution in [-0.4, -0.2) is 28.0 Å². The molecule has 3 aromatic carbocycles. The van der Waals surface area contributed by atoms with E-state index in [1.54, 1.807) is 36.4 Å². The first-order valence-corrected chi connectivity index (χ1v) is 12.3. The number of amides is 1. The number of anilines is 2. The van der Waals surface area contributed by atoms with Crippen molar-refractivity contribution in [3.8, 4) is 5.75 Å². The molecule has 6 nitrogen and oxygen atoms in total. The van der Waals surface area contributed by atoms with Gasteiger partial charge in [0.1, 0.15) is 12.3 Å². The van der Waals surface area contributed by atoms with E-state index in [-0.39, 0.29) is 15.6 Å². The molecule has 3 aromatic rings. The number of benzene rings is 3. The van der Waals surface area contributed by atoms with Crippen molar-refractivity contribution < 1.29 is 17.9 Å². The zero-order chi connectivity index (χ0) is 23.5. The Hall–Kier alpha value is -2.26. The zero-order valence-electron chi connectivity index (χ0n) is 17.1. The van der Waals surface area contributed by atoms with E-state index in [1.165, 1.54) is 31.4 Å². The van der Waals surface area contributed by atoms with Crippen LogP contribution in [0.4, 0.5) is 11.4 Å². The molecule has 0 saturated heterocycles. The Morgan fingerprint density at radius 1 is 1.03 bits per heavy atom. The number of ether oxygens (including phenoxy) is 1. The number of nitrogens with zero attached hydrogens (tertiary/aromatic N) is 1. The van der Waals surface area contributed by atoms with Gasteiger partial charge in [0, 0.05) is 10.2 Å². The Bertz CT molecular complexity index is 1250. The second-order valence-corrected chi connectivity index (χ2v) is 10.4. The maximum atomic E-state index is 13.4. The number of hydrogen-bond donors (Lipinski definition) is 1. The Morgan fingerprint density at radius 3 is 2.31 bits per heavy atom. The van der Waals surface area contributed by atoms with Gasteiger partial charge in [0.05, 0.1) is 27.7 Å². The minimum atomic E-state index is -4.07. The summed E-state index contributed by atoms with van der Waals surface area (Å²) in [4.78, 5) is 12.9. The summed E-state index contributed by atoms with van der Waals surface area (Å²) in [7, 11) is -2.61. The molecule has 0 saturated carbocycles. The third-order valence-electron chi connectivity index (χ3n) is 4.52. The minimum Gasteiger partial charge on any atom is -0.495 e. The standard InChI is InChI=1S/C22H19BrCl2N2O4S/c1-14-3-7-17(8-4-14)32(29,30)27(16-6-10-21(31-2)20(25)12-16)13-22(28)26-15-5-9-18(23)19(24)11-15/h3-12H,13H2,1-2H3,(H,26,28). The van der Waals surface area contributed by atoms with E-state index < -0.39 is 22.5 Å². The summed E-state index contributed by atoms with van der Waals surface area (Å²) >= 11 is 15.6. The molecule has 1 amide bonds. The highest BCUT2D eigenvalue weighted by Gasteiger charge is 2.28. The van der Waals surface area contributed by atoms with Crippen molar-refractivity contribution in [2.75, 3.05) is 23.3 Å². The van der Waals surface area contributed by atoms with E-state index in [9.17, 15) is 13.2 Å². The lowest BCUT2D eigenvalue weighted by Gasteiger charge is -2.24. The molecule has 1 N–H and O–H groups in total. The molecule has 0 aromatic heterocycles. The van der Waals surface area contributed by atoms with Crippen LogP contribution >= 0.6 is 39.1 Å². The molecule has 0 bridgehead atoms. The predicted molar refractivity (Wildman–Crippen MR) is 131 cm³/mol. The minimum absolute atomic E-state index is 0.0505. The molecule has 0 atom stereocenters. The number of sulfonamides is 1. The first-order chi connectivity index (χ1) is 15.1. The summed E-state index contributed by atoms with van der Waals surface area (Å²) in [6.45, 7) is 1.38. The van der Waals surface area contributed by atoms with Crippen molar-refractivity contribution in [2.45, 2.75) is 11.8 Å². The third kappa shape index (κ3) is 5.56. The first kappa shape index (κ1) is 24.4. The van der Waals surface area contributed by atoms with Crippen molar-refractivity contribution in [1.82, 2.24) is 0 Å². The van der Waals surface area contributed by atoms with Crippen LogP contribution in [0, 0.1) is 6.92 Å². The lowest BCUT2D eigenvalue weighted by molar-refractivity contribution is -0.114. The van der Waals surface area contributed by atoms with E-state index in [4.69, 9.17) is 27.9 Å². The number of hydrogen-bond acceptors (Lipinski definition) is 4. The molecule has 0 heterocycles. The van der Waals surface area contributed by atoms with Gasteiger partial charge in [-0.25, -0.2) is 8.42 Å². The molecule has 0 aliphatic carbocycles. The summed E-state index contributed by atoms with van der Waals surface area (Å²) in [6.07, 6.45) is 0. The highest BCUT2D eigenvalue weighted by Crippen LogP contribution is 2.32. The van der Waals surface area contributed by atoms with Crippen LogP contribution in [-0.2, 0) is 14.8 Å². The molecule has 0 radical (unpaired) electrons. The van der Waals surface area contributed by atoms with E-state index >= 15 is 0 Å². The Labute approximate surface area is 205 Å². The van der Waals surface area contributed by atoms with Crippen LogP contribution < -0.4 is 14.4 Å². The third-order valence-corrected chi connectivity index (χ3v) is 7.84. The SMILES string of the molecule is COc1ccc(N(CC(=O)Nc2ccc(Br)c(Cl)c2)S(=O)(=O)c2ccc(C)cc2)cc1Cl. The maximum Gasteiger partial charge on any atom is 0.264 e. The summed E-state index contributed by atoms with van der Waals surface area (Å²) < 4.78 is 33.7. The van der Waals surface area contributed by atoms with Gasteiger partial charge in [-0.2, -0.15) is 0 Å². The lowest BCUT2D eigenvalue weighted by Crippen LogP contribution is -2.38. The van der Waals surface area contributed by atoms with Crippen LogP contribution in [0.2, 0.25) is 10.0 Å². The van der Waals surface area contributed by atoms with Crippen LogP contribution in [0.1, 0.15) is 5.56 Å². The van der Waals surface area contributed by atoms with Crippen molar-refractivity contribution in [1.29, 1.82) is 0 Å². The summed E-state index contributed by atoms with van der Waals surface area (Å²) in [5.74, 6) is -0.164. The lowest BCUT2D eigenvalue weighted by atomic mass is 10.2. The molecule has 32 heavy (non-hydrogen) atoms. The Morgan fingerprint density at radius 2 is 1.72 bits per heavy atom. The van der Waals surface area contributed by atoms with Crippen molar-refractivity contribution in [3.63, 3.8) is 0 Å². The fraction of sp³-hybridized carbons (Fsp3) is 0.136. The quantitative estimate of drug-likeness (QED) is 0.392. The van der Waals surface area contributed by atoms with Crippen LogP contribution in [0.25, 0.3) is 0 Å². The Kier molecular flexibility index (Phi) is 7.71. The smallest absolute Gasteiger partial charge is 0.264 e. The Balaban J connectivity index is 1.98. The summed E-state index contributed by atoms with van der Waals surface area (Å²) in [5, 5.41) is 3.30. The molecule has 0 unspecified atom stereocenters. The number of methoxy groups -OCH3 is 1. The number of halogens is 3. The van der Waals surface area contributed by atoms with Gasteiger partial charge in [-0.05, 0) is 71.4 Å². The van der Waals surface area contributed by atoms with Crippen molar-refractivity contribution in [2.24, 2.45) is 0 Å². The van der Waals surface area contributed by atoms with Crippen molar-refractivity contribution >= 4 is 66.4 Å². The van der Waals surface area contributed by atoms with Crippen LogP contribution in [0.3, 0.4) is 0 Å². The van der Waals surface area contributed by atoms with Crippen LogP contribution in [0.15, 0.2) is 70.0 Å². The fourth-order valence-electron chi connectivity index (χ4n) is 2.87. The highest BCUT2D eigenvalue weighted by atomic mass is 79.9. The molecular weight excluding hydrogens is 539 g/mol. The van der Waals surface area contributed by atoms with E-state index in [0.29, 0.717) is 20.9 Å². The van der Waals surface area contributed by atoms with Gasteiger partial charge in [0.15, 0.2) is 0 Å². The number of aryl methyl sites for hydroxylation is 1. The zero-order valence-corrected chi connectivity index (χ0v) is 21.0. The van der Waals surface area contributed by atoms with Crippen molar-refractivity contribution in [3.05, 3.63) is 80.7 Å². The summed E-state index contributed by atoms with van der Waals surface area (Å²) in [6, 6.07) is 15.8. The number of carbonyl (C=O) groups excluding carboxylic acids is 1. The second kappa shape index (κ2) is 10.1. The van der Waals surface area contributed by atoms with Gasteiger partial charge in [0.25, 0.3) is 10.0 Å². The highest BCUT2D eigenvalue weighted by molar-refractivity contribution is 9.10. The normalized spacial score (nSPS) is 11.2. The van der Waals surface area contributed by atoms with E-state index in [1.807, 2.05) is 6.92 Å². The number of rotatable bonds is 7. The summed E-state index contributed by atoms with van der Waals surface area (Å²) in [5.41, 5.74) is 1.57. The van der Waals surface area contributed by atoms with E-state index in [2.05, 4.69) is 21.2 Å². The van der Waals surface area contributed by atoms with Gasteiger partial charge in [-0.1, -0.05) is 40.9 Å². The molecule has 0 spiro atoms. The fourth-order valence-corrected chi connectivity index (χ4v) is 4.96. The van der Waals surface area contributed by atoms with Crippen LogP contribution in [0.5, 0.6) is 5.75 Å².